The minimum atomic E-state index is -0.0676. The van der Waals surface area contributed by atoms with Crippen molar-refractivity contribution in [1.82, 2.24) is 5.32 Å². The molecule has 0 heterocycles. The normalized spacial score (nSPS) is 10.3. The van der Waals surface area contributed by atoms with Gasteiger partial charge in [-0.2, -0.15) is 0 Å². The SMILES string of the molecule is CCOc1ccc(N(CCNC(=O)Cc2ccc(C)cc2)C(C)=O)cc1. The highest BCUT2D eigenvalue weighted by Gasteiger charge is 2.12. The van der Waals surface area contributed by atoms with Crippen LogP contribution in [0.1, 0.15) is 25.0 Å². The number of benzene rings is 2. The van der Waals surface area contributed by atoms with E-state index in [1.54, 1.807) is 4.90 Å². The Labute approximate surface area is 155 Å². The lowest BCUT2D eigenvalue weighted by atomic mass is 10.1. The summed E-state index contributed by atoms with van der Waals surface area (Å²) in [6.07, 6.45) is 0.337. The molecule has 0 atom stereocenters. The van der Waals surface area contributed by atoms with E-state index in [-0.39, 0.29) is 11.8 Å². The summed E-state index contributed by atoms with van der Waals surface area (Å²) >= 11 is 0. The molecule has 138 valence electrons. The summed E-state index contributed by atoms with van der Waals surface area (Å²) in [5.74, 6) is 0.650. The van der Waals surface area contributed by atoms with Crippen LogP contribution in [-0.2, 0) is 16.0 Å². The molecule has 0 saturated carbocycles. The molecule has 0 spiro atoms. The van der Waals surface area contributed by atoms with E-state index >= 15 is 0 Å². The van der Waals surface area contributed by atoms with Crippen LogP contribution in [0.2, 0.25) is 0 Å². The number of hydrogen-bond acceptors (Lipinski definition) is 3. The second kappa shape index (κ2) is 9.61. The Morgan fingerprint density at radius 1 is 1.04 bits per heavy atom. The van der Waals surface area contributed by atoms with Gasteiger partial charge >= 0.3 is 0 Å². The molecule has 0 fully saturated rings. The fraction of sp³-hybridized carbons (Fsp3) is 0.333. The summed E-state index contributed by atoms with van der Waals surface area (Å²) in [6, 6.07) is 15.3. The van der Waals surface area contributed by atoms with Crippen molar-refractivity contribution in [2.24, 2.45) is 0 Å². The maximum atomic E-state index is 12.1. The first-order valence-electron chi connectivity index (χ1n) is 8.82. The number of anilines is 1. The van der Waals surface area contributed by atoms with Crippen LogP contribution < -0.4 is 15.0 Å². The molecule has 0 aliphatic rings. The molecule has 0 radical (unpaired) electrons. The van der Waals surface area contributed by atoms with Crippen molar-refractivity contribution in [3.63, 3.8) is 0 Å². The molecule has 5 heteroatoms. The van der Waals surface area contributed by atoms with E-state index in [1.165, 1.54) is 12.5 Å². The van der Waals surface area contributed by atoms with Gasteiger partial charge in [0, 0.05) is 25.7 Å². The Morgan fingerprint density at radius 3 is 2.27 bits per heavy atom. The van der Waals surface area contributed by atoms with Gasteiger partial charge in [0.05, 0.1) is 13.0 Å². The number of carbonyl (C=O) groups excluding carboxylic acids is 2. The van der Waals surface area contributed by atoms with E-state index in [0.29, 0.717) is 26.1 Å². The fourth-order valence-electron chi connectivity index (χ4n) is 2.62. The Hall–Kier alpha value is -2.82. The lowest BCUT2D eigenvalue weighted by molar-refractivity contribution is -0.121. The topological polar surface area (TPSA) is 58.6 Å². The highest BCUT2D eigenvalue weighted by atomic mass is 16.5. The molecule has 2 amide bonds. The van der Waals surface area contributed by atoms with Gasteiger partial charge in [-0.1, -0.05) is 29.8 Å². The third-order valence-corrected chi connectivity index (χ3v) is 3.98. The number of ether oxygens (including phenoxy) is 1. The first-order valence-corrected chi connectivity index (χ1v) is 8.82. The number of nitrogens with one attached hydrogen (secondary N) is 1. The van der Waals surface area contributed by atoms with Gasteiger partial charge in [-0.05, 0) is 43.7 Å². The molecule has 5 nitrogen and oxygen atoms in total. The van der Waals surface area contributed by atoms with Crippen molar-refractivity contribution in [3.8, 4) is 5.75 Å². The van der Waals surface area contributed by atoms with Crippen LogP contribution in [0.25, 0.3) is 0 Å². The molecule has 2 rings (SSSR count). The van der Waals surface area contributed by atoms with Crippen LogP contribution in [0.5, 0.6) is 5.75 Å². The molecular formula is C21H26N2O3. The van der Waals surface area contributed by atoms with Crippen molar-refractivity contribution >= 4 is 17.5 Å². The maximum absolute atomic E-state index is 12.1. The number of rotatable bonds is 8. The molecule has 0 saturated heterocycles. The van der Waals surface area contributed by atoms with Gasteiger partial charge in [0.25, 0.3) is 0 Å². The van der Waals surface area contributed by atoms with Gasteiger partial charge in [0.15, 0.2) is 0 Å². The molecule has 26 heavy (non-hydrogen) atoms. The summed E-state index contributed by atoms with van der Waals surface area (Å²) < 4.78 is 5.42. The molecule has 0 aromatic heterocycles. The van der Waals surface area contributed by atoms with Crippen LogP contribution in [0.15, 0.2) is 48.5 Å². The summed E-state index contributed by atoms with van der Waals surface area (Å²) in [5.41, 5.74) is 2.93. The molecular weight excluding hydrogens is 328 g/mol. The van der Waals surface area contributed by atoms with Gasteiger partial charge in [0.2, 0.25) is 11.8 Å². The Kier molecular flexibility index (Phi) is 7.21. The second-order valence-corrected chi connectivity index (χ2v) is 6.11. The number of amides is 2. The molecule has 2 aromatic carbocycles. The lowest BCUT2D eigenvalue weighted by Gasteiger charge is -2.21. The number of hydrogen-bond donors (Lipinski definition) is 1. The molecule has 0 aliphatic carbocycles. The van der Waals surface area contributed by atoms with Crippen molar-refractivity contribution in [2.75, 3.05) is 24.6 Å². The van der Waals surface area contributed by atoms with Crippen LogP contribution in [0.4, 0.5) is 5.69 Å². The van der Waals surface area contributed by atoms with Crippen molar-refractivity contribution in [2.45, 2.75) is 27.2 Å². The van der Waals surface area contributed by atoms with E-state index in [0.717, 1.165) is 17.0 Å². The Morgan fingerprint density at radius 2 is 1.69 bits per heavy atom. The monoisotopic (exact) mass is 354 g/mol. The van der Waals surface area contributed by atoms with Gasteiger partial charge in [0.1, 0.15) is 5.75 Å². The van der Waals surface area contributed by atoms with E-state index in [1.807, 2.05) is 62.4 Å². The largest absolute Gasteiger partial charge is 0.494 e. The first kappa shape index (κ1) is 19.5. The standard InChI is InChI=1S/C21H26N2O3/c1-4-26-20-11-9-19(10-12-20)23(17(3)24)14-13-22-21(25)15-18-7-5-16(2)6-8-18/h5-12H,4,13-15H2,1-3H3,(H,22,25). The third kappa shape index (κ3) is 5.92. The second-order valence-electron chi connectivity index (χ2n) is 6.11. The number of aryl methyl sites for hydroxylation is 1. The van der Waals surface area contributed by atoms with Gasteiger partial charge in [-0.25, -0.2) is 0 Å². The van der Waals surface area contributed by atoms with Gasteiger partial charge in [-0.15, -0.1) is 0 Å². The first-order chi connectivity index (χ1) is 12.5. The minimum absolute atomic E-state index is 0.0518. The predicted molar refractivity (Wildman–Crippen MR) is 104 cm³/mol. The van der Waals surface area contributed by atoms with Crippen LogP contribution in [-0.4, -0.2) is 31.5 Å². The van der Waals surface area contributed by atoms with Crippen molar-refractivity contribution in [1.29, 1.82) is 0 Å². The molecule has 2 aromatic rings. The average molecular weight is 354 g/mol. The molecule has 1 N–H and O–H groups in total. The molecule has 0 unspecified atom stereocenters. The lowest BCUT2D eigenvalue weighted by Crippen LogP contribution is -2.38. The smallest absolute Gasteiger partial charge is 0.224 e. The molecule has 0 bridgehead atoms. The van der Waals surface area contributed by atoms with Crippen LogP contribution >= 0.6 is 0 Å². The van der Waals surface area contributed by atoms with Crippen molar-refractivity contribution < 1.29 is 14.3 Å². The van der Waals surface area contributed by atoms with Gasteiger partial charge < -0.3 is 15.0 Å². The zero-order chi connectivity index (χ0) is 18.9. The maximum Gasteiger partial charge on any atom is 0.224 e. The summed E-state index contributed by atoms with van der Waals surface area (Å²) in [6.45, 7) is 6.88. The van der Waals surface area contributed by atoms with Crippen LogP contribution in [0, 0.1) is 6.92 Å². The Bertz CT molecular complexity index is 724. The average Bonchev–Trinajstić information content (AvgIpc) is 2.62. The summed E-state index contributed by atoms with van der Waals surface area (Å²) in [5, 5.41) is 2.88. The fourth-order valence-corrected chi connectivity index (χ4v) is 2.62. The minimum Gasteiger partial charge on any atom is -0.494 e. The quantitative estimate of drug-likeness (QED) is 0.792. The Balaban J connectivity index is 1.87. The van der Waals surface area contributed by atoms with Crippen molar-refractivity contribution in [3.05, 3.63) is 59.7 Å². The highest BCUT2D eigenvalue weighted by Crippen LogP contribution is 2.19. The predicted octanol–water partition coefficient (Wildman–Crippen LogP) is 3.11. The zero-order valence-electron chi connectivity index (χ0n) is 15.6. The van der Waals surface area contributed by atoms with Crippen LogP contribution in [0.3, 0.4) is 0 Å². The highest BCUT2D eigenvalue weighted by molar-refractivity contribution is 5.91. The number of carbonyl (C=O) groups is 2. The summed E-state index contributed by atoms with van der Waals surface area (Å²) in [4.78, 5) is 25.6. The van der Waals surface area contributed by atoms with E-state index < -0.39 is 0 Å². The summed E-state index contributed by atoms with van der Waals surface area (Å²) in [7, 11) is 0. The van der Waals surface area contributed by atoms with E-state index in [2.05, 4.69) is 5.32 Å². The van der Waals surface area contributed by atoms with E-state index in [9.17, 15) is 9.59 Å². The molecule has 0 aliphatic heterocycles. The van der Waals surface area contributed by atoms with Gasteiger partial charge in [-0.3, -0.25) is 9.59 Å². The van der Waals surface area contributed by atoms with E-state index in [4.69, 9.17) is 4.74 Å². The zero-order valence-corrected chi connectivity index (χ0v) is 15.6. The number of nitrogens with zero attached hydrogens (tertiary/aromatic N) is 1. The third-order valence-electron chi connectivity index (χ3n) is 3.98.